The smallest absolute Gasteiger partial charge is 0.197 e. The fourth-order valence-electron chi connectivity index (χ4n) is 4.06. The number of phenolic OH excluding ortho intramolecular Hbond substituents is 2. The van der Waals surface area contributed by atoms with Crippen LogP contribution >= 0.6 is 11.6 Å². The van der Waals surface area contributed by atoms with Crippen LogP contribution < -0.4 is 10.7 Å². The quantitative estimate of drug-likeness (QED) is 0.506. The second kappa shape index (κ2) is 8.52. The van der Waals surface area contributed by atoms with Crippen molar-refractivity contribution in [1.82, 2.24) is 5.32 Å². The van der Waals surface area contributed by atoms with Crippen LogP contribution in [0.5, 0.6) is 11.5 Å². The third-order valence-electron chi connectivity index (χ3n) is 5.52. The first-order valence-corrected chi connectivity index (χ1v) is 10.1. The summed E-state index contributed by atoms with van der Waals surface area (Å²) in [7, 11) is 0. The maximum Gasteiger partial charge on any atom is 0.197 e. The molecule has 6 nitrogen and oxygen atoms in total. The number of phenols is 2. The molecule has 0 amide bonds. The molecule has 1 aliphatic rings. The number of aliphatic hydroxyl groups excluding tert-OH is 1. The number of halogens is 1. The van der Waals surface area contributed by atoms with Gasteiger partial charge in [0.05, 0.1) is 0 Å². The van der Waals surface area contributed by atoms with Crippen LogP contribution in [0.2, 0.25) is 5.02 Å². The van der Waals surface area contributed by atoms with Crippen molar-refractivity contribution in [3.05, 3.63) is 68.5 Å². The Morgan fingerprint density at radius 1 is 1.17 bits per heavy atom. The number of rotatable bonds is 4. The average Bonchev–Trinajstić information content (AvgIpc) is 2.72. The summed E-state index contributed by atoms with van der Waals surface area (Å²) in [5.74, 6) is -0.555. The molecular weight excluding hydrogens is 406 g/mol. The van der Waals surface area contributed by atoms with E-state index in [1.807, 2.05) is 12.1 Å². The lowest BCUT2D eigenvalue weighted by Gasteiger charge is -2.31. The molecule has 2 atom stereocenters. The monoisotopic (exact) mass is 427 g/mol. The number of hydrogen-bond acceptors (Lipinski definition) is 6. The van der Waals surface area contributed by atoms with Crippen molar-refractivity contribution >= 4 is 34.7 Å². The van der Waals surface area contributed by atoms with Gasteiger partial charge in [-0.2, -0.15) is 0 Å². The highest BCUT2D eigenvalue weighted by Crippen LogP contribution is 2.42. The minimum absolute atomic E-state index is 0.0259. The molecule has 7 heteroatoms. The standard InChI is InChI=1S/C23H22ClNO5/c24-15-3-1-2-13(8-15)4-5-16-9-18(27)22-20(29)10-19(28)21(23(22)30-16)17-6-7-25-11-14(17)12-26/h1-5,8-10,14,17,25-26,28-29H,6-7,11-12H2. The molecular formula is C23H22ClNO5. The van der Waals surface area contributed by atoms with E-state index in [-0.39, 0.29) is 46.7 Å². The molecule has 0 bridgehead atoms. The van der Waals surface area contributed by atoms with Gasteiger partial charge in [0, 0.05) is 41.8 Å². The number of fused-ring (bicyclic) bond motifs is 1. The summed E-state index contributed by atoms with van der Waals surface area (Å²) >= 11 is 6.01. The number of aromatic hydroxyl groups is 2. The van der Waals surface area contributed by atoms with Gasteiger partial charge in [-0.05, 0) is 42.7 Å². The number of nitrogens with one attached hydrogen (secondary N) is 1. The predicted octanol–water partition coefficient (Wildman–Crippen LogP) is 3.71. The van der Waals surface area contributed by atoms with Crippen LogP contribution in [0.1, 0.15) is 29.2 Å². The van der Waals surface area contributed by atoms with Crippen molar-refractivity contribution in [3.63, 3.8) is 0 Å². The molecule has 1 saturated heterocycles. The van der Waals surface area contributed by atoms with Gasteiger partial charge in [0.15, 0.2) is 5.43 Å². The van der Waals surface area contributed by atoms with Gasteiger partial charge in [0.2, 0.25) is 0 Å². The van der Waals surface area contributed by atoms with E-state index in [1.165, 1.54) is 12.1 Å². The summed E-state index contributed by atoms with van der Waals surface area (Å²) in [6.07, 6.45) is 4.06. The van der Waals surface area contributed by atoms with Gasteiger partial charge in [0.1, 0.15) is 28.2 Å². The second-order valence-corrected chi connectivity index (χ2v) is 7.91. The lowest BCUT2D eigenvalue weighted by molar-refractivity contribution is 0.178. The third kappa shape index (κ3) is 3.94. The Morgan fingerprint density at radius 3 is 2.77 bits per heavy atom. The van der Waals surface area contributed by atoms with E-state index < -0.39 is 5.43 Å². The summed E-state index contributed by atoms with van der Waals surface area (Å²) in [6.45, 7) is 1.22. The first kappa shape index (κ1) is 20.5. The largest absolute Gasteiger partial charge is 0.507 e. The SMILES string of the molecule is O=c1cc(C=Cc2cccc(Cl)c2)oc2c(C3CCNCC3CO)c(O)cc(O)c12. The Balaban J connectivity index is 1.87. The molecule has 2 heterocycles. The molecule has 0 radical (unpaired) electrons. The van der Waals surface area contributed by atoms with E-state index in [0.29, 0.717) is 30.1 Å². The fraction of sp³-hybridized carbons (Fsp3) is 0.261. The van der Waals surface area contributed by atoms with Gasteiger partial charge in [0.25, 0.3) is 0 Å². The zero-order chi connectivity index (χ0) is 21.3. The van der Waals surface area contributed by atoms with Crippen LogP contribution in [-0.2, 0) is 0 Å². The van der Waals surface area contributed by atoms with E-state index in [0.717, 1.165) is 5.56 Å². The summed E-state index contributed by atoms with van der Waals surface area (Å²) < 4.78 is 5.99. The molecule has 156 valence electrons. The zero-order valence-electron chi connectivity index (χ0n) is 16.1. The minimum atomic E-state index is -0.407. The van der Waals surface area contributed by atoms with Gasteiger partial charge in [-0.3, -0.25) is 4.79 Å². The number of benzene rings is 2. The molecule has 4 rings (SSSR count). The molecule has 2 aromatic carbocycles. The van der Waals surface area contributed by atoms with Gasteiger partial charge in [-0.15, -0.1) is 0 Å². The Hall–Kier alpha value is -2.80. The summed E-state index contributed by atoms with van der Waals surface area (Å²) in [6, 6.07) is 9.71. The third-order valence-corrected chi connectivity index (χ3v) is 5.75. The van der Waals surface area contributed by atoms with Crippen molar-refractivity contribution < 1.29 is 19.7 Å². The van der Waals surface area contributed by atoms with Crippen LogP contribution in [-0.4, -0.2) is 35.0 Å². The van der Waals surface area contributed by atoms with E-state index in [1.54, 1.807) is 24.3 Å². The van der Waals surface area contributed by atoms with E-state index in [4.69, 9.17) is 16.0 Å². The normalized spacial score (nSPS) is 19.5. The van der Waals surface area contributed by atoms with Crippen LogP contribution in [0.25, 0.3) is 23.1 Å². The zero-order valence-corrected chi connectivity index (χ0v) is 16.9. The van der Waals surface area contributed by atoms with Crippen molar-refractivity contribution in [2.45, 2.75) is 12.3 Å². The minimum Gasteiger partial charge on any atom is -0.507 e. The van der Waals surface area contributed by atoms with Crippen molar-refractivity contribution in [2.75, 3.05) is 19.7 Å². The average molecular weight is 428 g/mol. The van der Waals surface area contributed by atoms with Crippen LogP contribution in [0.3, 0.4) is 0 Å². The highest BCUT2D eigenvalue weighted by atomic mass is 35.5. The molecule has 1 aliphatic heterocycles. The Kier molecular flexibility index (Phi) is 5.81. The highest BCUT2D eigenvalue weighted by Gasteiger charge is 2.31. The molecule has 0 saturated carbocycles. The van der Waals surface area contributed by atoms with E-state index in [2.05, 4.69) is 5.32 Å². The summed E-state index contributed by atoms with van der Waals surface area (Å²) in [4.78, 5) is 12.8. The van der Waals surface area contributed by atoms with Crippen molar-refractivity contribution in [2.24, 2.45) is 5.92 Å². The maximum atomic E-state index is 12.8. The molecule has 4 N–H and O–H groups in total. The fourth-order valence-corrected chi connectivity index (χ4v) is 4.26. The maximum absolute atomic E-state index is 12.8. The number of piperidine rings is 1. The predicted molar refractivity (Wildman–Crippen MR) is 117 cm³/mol. The van der Waals surface area contributed by atoms with Gasteiger partial charge < -0.3 is 25.1 Å². The molecule has 2 unspecified atom stereocenters. The van der Waals surface area contributed by atoms with Crippen molar-refractivity contribution in [3.8, 4) is 11.5 Å². The van der Waals surface area contributed by atoms with Crippen LogP contribution in [0, 0.1) is 5.92 Å². The summed E-state index contributed by atoms with van der Waals surface area (Å²) in [5, 5.41) is 34.6. The Labute approximate surface area is 178 Å². The van der Waals surface area contributed by atoms with E-state index in [9.17, 15) is 20.1 Å². The highest BCUT2D eigenvalue weighted by molar-refractivity contribution is 6.30. The second-order valence-electron chi connectivity index (χ2n) is 7.48. The van der Waals surface area contributed by atoms with Gasteiger partial charge in [-0.25, -0.2) is 0 Å². The van der Waals surface area contributed by atoms with Gasteiger partial charge >= 0.3 is 0 Å². The molecule has 3 aromatic rings. The molecule has 1 fully saturated rings. The molecule has 30 heavy (non-hydrogen) atoms. The lowest BCUT2D eigenvalue weighted by atomic mass is 9.80. The molecule has 0 aliphatic carbocycles. The van der Waals surface area contributed by atoms with Gasteiger partial charge in [-0.1, -0.05) is 29.8 Å². The Morgan fingerprint density at radius 2 is 2.00 bits per heavy atom. The number of aliphatic hydroxyl groups is 1. The molecule has 1 aromatic heterocycles. The van der Waals surface area contributed by atoms with E-state index >= 15 is 0 Å². The van der Waals surface area contributed by atoms with Crippen LogP contribution in [0.15, 0.2) is 45.6 Å². The first-order valence-electron chi connectivity index (χ1n) is 9.76. The first-order chi connectivity index (χ1) is 14.5. The molecule has 0 spiro atoms. The lowest BCUT2D eigenvalue weighted by Crippen LogP contribution is -2.37. The van der Waals surface area contributed by atoms with Crippen LogP contribution in [0.4, 0.5) is 0 Å². The Bertz CT molecular complexity index is 1170. The number of hydrogen-bond donors (Lipinski definition) is 4. The summed E-state index contributed by atoms with van der Waals surface area (Å²) in [5.41, 5.74) is 1.02. The van der Waals surface area contributed by atoms with Crippen molar-refractivity contribution in [1.29, 1.82) is 0 Å². The topological polar surface area (TPSA) is 103 Å².